The van der Waals surface area contributed by atoms with Gasteiger partial charge >= 0.3 is 0 Å². The van der Waals surface area contributed by atoms with Crippen LogP contribution >= 0.6 is 0 Å². The summed E-state index contributed by atoms with van der Waals surface area (Å²) in [5.74, 6) is 0.303. The molecule has 0 aromatic carbocycles. The van der Waals surface area contributed by atoms with Crippen LogP contribution in [0.5, 0.6) is 0 Å². The van der Waals surface area contributed by atoms with Crippen molar-refractivity contribution in [2.24, 2.45) is 11.7 Å². The van der Waals surface area contributed by atoms with E-state index in [1.54, 1.807) is 0 Å². The van der Waals surface area contributed by atoms with Crippen molar-refractivity contribution in [2.75, 3.05) is 0 Å². The minimum atomic E-state index is -0.163. The fourth-order valence-corrected chi connectivity index (χ4v) is 5.20. The van der Waals surface area contributed by atoms with E-state index in [0.29, 0.717) is 12.3 Å². The average Bonchev–Trinajstić information content (AvgIpc) is 2.84. The highest BCUT2D eigenvalue weighted by Crippen LogP contribution is 2.20. The van der Waals surface area contributed by atoms with Gasteiger partial charge in [-0.2, -0.15) is 0 Å². The zero-order valence-corrected chi connectivity index (χ0v) is 24.2. The third-order valence-corrected chi connectivity index (χ3v) is 7.84. The molecule has 0 saturated heterocycles. The molecule has 0 aromatic rings. The molecule has 0 rings (SSSR count). The molecule has 0 fully saturated rings. The summed E-state index contributed by atoms with van der Waals surface area (Å²) in [6.07, 6.45) is 34.7. The maximum Gasteiger partial charge on any atom is 0.217 e. The number of carbonyl (C=O) groups is 1. The normalized spacial score (nSPS) is 13.2. The van der Waals surface area contributed by atoms with E-state index in [0.717, 1.165) is 19.3 Å². The zero-order chi connectivity index (χ0) is 25.8. The van der Waals surface area contributed by atoms with Crippen LogP contribution < -0.4 is 5.73 Å². The quantitative estimate of drug-likeness (QED) is 0.101. The van der Waals surface area contributed by atoms with E-state index in [4.69, 9.17) is 5.73 Å². The van der Waals surface area contributed by atoms with E-state index in [1.807, 2.05) is 0 Å². The summed E-state index contributed by atoms with van der Waals surface area (Å²) in [7, 11) is 0. The molecule has 35 heavy (non-hydrogen) atoms. The van der Waals surface area contributed by atoms with Crippen LogP contribution in [0.1, 0.15) is 187 Å². The maximum absolute atomic E-state index is 10.7. The Balaban J connectivity index is 3.29. The molecule has 3 heteroatoms. The van der Waals surface area contributed by atoms with Gasteiger partial charge in [-0.1, -0.05) is 162 Å². The first-order chi connectivity index (χ1) is 17.1. The Hall–Kier alpha value is -0.570. The summed E-state index contributed by atoms with van der Waals surface area (Å²) in [4.78, 5) is 10.7. The van der Waals surface area contributed by atoms with Crippen molar-refractivity contribution in [1.82, 2.24) is 0 Å². The van der Waals surface area contributed by atoms with Crippen LogP contribution in [0.25, 0.3) is 0 Å². The average molecular weight is 496 g/mol. The topological polar surface area (TPSA) is 63.3 Å². The van der Waals surface area contributed by atoms with Crippen LogP contribution in [0.3, 0.4) is 0 Å². The minimum Gasteiger partial charge on any atom is -0.393 e. The number of carbonyl (C=O) groups excluding carboxylic acids is 1. The van der Waals surface area contributed by atoms with Crippen molar-refractivity contribution in [1.29, 1.82) is 0 Å². The van der Waals surface area contributed by atoms with Crippen molar-refractivity contribution < 1.29 is 9.90 Å². The third-order valence-electron chi connectivity index (χ3n) is 7.84. The zero-order valence-electron chi connectivity index (χ0n) is 24.2. The molecule has 0 spiro atoms. The first-order valence-electron chi connectivity index (χ1n) is 16.0. The summed E-state index contributed by atoms with van der Waals surface area (Å²) in [5.41, 5.74) is 5.16. The van der Waals surface area contributed by atoms with E-state index in [9.17, 15) is 9.90 Å². The number of nitrogens with two attached hydrogens (primary N) is 1. The molecular weight excluding hydrogens is 430 g/mol. The van der Waals surface area contributed by atoms with Gasteiger partial charge in [-0.15, -0.1) is 0 Å². The summed E-state index contributed by atoms with van der Waals surface area (Å²) < 4.78 is 0. The van der Waals surface area contributed by atoms with Crippen LogP contribution in [0.15, 0.2) is 0 Å². The molecule has 2 unspecified atom stereocenters. The minimum absolute atomic E-state index is 0.0920. The lowest BCUT2D eigenvalue weighted by Crippen LogP contribution is -2.17. The van der Waals surface area contributed by atoms with Crippen molar-refractivity contribution in [3.63, 3.8) is 0 Å². The van der Waals surface area contributed by atoms with E-state index in [-0.39, 0.29) is 12.0 Å². The van der Waals surface area contributed by atoms with Crippen molar-refractivity contribution in [3.05, 3.63) is 0 Å². The van der Waals surface area contributed by atoms with Gasteiger partial charge in [0.25, 0.3) is 0 Å². The van der Waals surface area contributed by atoms with E-state index >= 15 is 0 Å². The molecular formula is C32H65NO2. The lowest BCUT2D eigenvalue weighted by Gasteiger charge is -2.18. The molecule has 1 amide bonds. The van der Waals surface area contributed by atoms with Gasteiger partial charge in [-0.3, -0.25) is 4.79 Å². The largest absolute Gasteiger partial charge is 0.393 e. The number of aliphatic hydroxyl groups is 1. The fourth-order valence-electron chi connectivity index (χ4n) is 5.20. The van der Waals surface area contributed by atoms with Gasteiger partial charge in [-0.05, 0) is 25.2 Å². The Kier molecular flexibility index (Phi) is 27.6. The van der Waals surface area contributed by atoms with Crippen LogP contribution in [0.4, 0.5) is 0 Å². The number of primary amides is 1. The molecule has 0 radical (unpaired) electrons. The van der Waals surface area contributed by atoms with E-state index in [2.05, 4.69) is 13.8 Å². The monoisotopic (exact) mass is 496 g/mol. The predicted molar refractivity (Wildman–Crippen MR) is 155 cm³/mol. The summed E-state index contributed by atoms with van der Waals surface area (Å²) in [6, 6.07) is 0. The molecule has 0 aliphatic heterocycles. The molecule has 0 saturated carbocycles. The Bertz CT molecular complexity index is 426. The highest BCUT2D eigenvalue weighted by atomic mass is 16.3. The number of aliphatic hydroxyl groups excluding tert-OH is 1. The highest BCUT2D eigenvalue weighted by Gasteiger charge is 2.13. The highest BCUT2D eigenvalue weighted by molar-refractivity contribution is 5.73. The fraction of sp³-hybridized carbons (Fsp3) is 0.969. The molecule has 0 heterocycles. The van der Waals surface area contributed by atoms with Crippen LogP contribution in [0.2, 0.25) is 0 Å². The molecule has 0 aliphatic rings. The second-order valence-corrected chi connectivity index (χ2v) is 11.5. The van der Waals surface area contributed by atoms with Gasteiger partial charge in [0.1, 0.15) is 0 Å². The number of hydrogen-bond acceptors (Lipinski definition) is 2. The van der Waals surface area contributed by atoms with Crippen LogP contribution in [-0.4, -0.2) is 17.1 Å². The number of rotatable bonds is 29. The van der Waals surface area contributed by atoms with Gasteiger partial charge in [0.05, 0.1) is 6.10 Å². The van der Waals surface area contributed by atoms with Gasteiger partial charge in [0, 0.05) is 6.42 Å². The van der Waals surface area contributed by atoms with E-state index < -0.39 is 0 Å². The number of unbranched alkanes of at least 4 members (excludes halogenated alkanes) is 22. The molecule has 2 atom stereocenters. The Morgan fingerprint density at radius 3 is 1.23 bits per heavy atom. The van der Waals surface area contributed by atoms with Gasteiger partial charge in [0.15, 0.2) is 0 Å². The van der Waals surface area contributed by atoms with Crippen molar-refractivity contribution in [3.8, 4) is 0 Å². The van der Waals surface area contributed by atoms with Crippen LogP contribution in [0, 0.1) is 5.92 Å². The first kappa shape index (κ1) is 34.4. The first-order valence-corrected chi connectivity index (χ1v) is 16.0. The van der Waals surface area contributed by atoms with Gasteiger partial charge < -0.3 is 10.8 Å². The summed E-state index contributed by atoms with van der Waals surface area (Å²) in [5, 5.41) is 10.5. The number of hydrogen-bond donors (Lipinski definition) is 2. The standard InChI is InChI=1S/C32H65NO2/c1-3-4-5-6-7-8-9-12-15-18-21-24-27-30(2)31(34)28-25-22-19-16-13-10-11-14-17-20-23-26-29-32(33)35/h30-31,34H,3-29H2,1-2H3,(H2,33,35). The molecule has 3 nitrogen and oxygen atoms in total. The van der Waals surface area contributed by atoms with Crippen molar-refractivity contribution >= 4 is 5.91 Å². The van der Waals surface area contributed by atoms with Gasteiger partial charge in [-0.25, -0.2) is 0 Å². The lowest BCUT2D eigenvalue weighted by molar-refractivity contribution is -0.118. The maximum atomic E-state index is 10.7. The smallest absolute Gasteiger partial charge is 0.217 e. The van der Waals surface area contributed by atoms with E-state index in [1.165, 1.54) is 148 Å². The second kappa shape index (κ2) is 28.0. The van der Waals surface area contributed by atoms with Crippen LogP contribution in [-0.2, 0) is 4.79 Å². The van der Waals surface area contributed by atoms with Gasteiger partial charge in [0.2, 0.25) is 5.91 Å². The molecule has 0 aliphatic carbocycles. The lowest BCUT2D eigenvalue weighted by atomic mass is 9.93. The molecule has 210 valence electrons. The summed E-state index contributed by atoms with van der Waals surface area (Å²) >= 11 is 0. The predicted octanol–water partition coefficient (Wildman–Crippen LogP) is 10.0. The van der Waals surface area contributed by atoms with Crippen molar-refractivity contribution in [2.45, 2.75) is 193 Å². The molecule has 3 N–H and O–H groups in total. The Morgan fingerprint density at radius 1 is 0.543 bits per heavy atom. The Labute approximate surface area is 220 Å². The Morgan fingerprint density at radius 2 is 0.857 bits per heavy atom. The SMILES string of the molecule is CCCCCCCCCCCCCCC(C)C(O)CCCCCCCCCCCCCCC(N)=O. The third kappa shape index (κ3) is 27.9. The summed E-state index contributed by atoms with van der Waals surface area (Å²) in [6.45, 7) is 4.54. The molecule has 0 aromatic heterocycles. The second-order valence-electron chi connectivity index (χ2n) is 11.5. The molecule has 0 bridgehead atoms. The number of amides is 1.